The molecule has 1 aromatic rings. The molecule has 18 heavy (non-hydrogen) atoms. The van der Waals surface area contributed by atoms with Crippen LogP contribution < -0.4 is 5.32 Å². The van der Waals surface area contributed by atoms with Crippen LogP contribution in [0.5, 0.6) is 0 Å². The normalized spacial score (nSPS) is 22.8. The third-order valence-corrected chi connectivity index (χ3v) is 4.08. The third-order valence-electron chi connectivity index (χ3n) is 4.08. The molecule has 96 valence electrons. The van der Waals surface area contributed by atoms with E-state index in [1.807, 2.05) is 6.08 Å². The molecule has 1 fully saturated rings. The molecule has 1 atom stereocenters. The van der Waals surface area contributed by atoms with Gasteiger partial charge in [0, 0.05) is 38.1 Å². The van der Waals surface area contributed by atoms with Gasteiger partial charge in [-0.05, 0) is 24.0 Å². The lowest BCUT2D eigenvalue weighted by molar-refractivity contribution is 0.265. The Morgan fingerprint density at radius 1 is 1.33 bits per heavy atom. The smallest absolute Gasteiger partial charge is 0.0208 e. The highest BCUT2D eigenvalue weighted by molar-refractivity contribution is 5.33. The van der Waals surface area contributed by atoms with Gasteiger partial charge in [-0.2, -0.15) is 0 Å². The summed E-state index contributed by atoms with van der Waals surface area (Å²) in [7, 11) is 0. The van der Waals surface area contributed by atoms with Crippen molar-refractivity contribution in [1.82, 2.24) is 10.2 Å². The highest BCUT2D eigenvalue weighted by Gasteiger charge is 2.31. The van der Waals surface area contributed by atoms with Crippen LogP contribution >= 0.6 is 0 Å². The summed E-state index contributed by atoms with van der Waals surface area (Å²) < 4.78 is 0. The van der Waals surface area contributed by atoms with Crippen LogP contribution in [0.15, 0.2) is 36.9 Å². The lowest BCUT2D eigenvalue weighted by atomic mass is 9.90. The molecule has 2 nitrogen and oxygen atoms in total. The van der Waals surface area contributed by atoms with Crippen LogP contribution in [-0.2, 0) is 6.54 Å². The molecule has 0 radical (unpaired) electrons. The molecular formula is C16H22N2. The van der Waals surface area contributed by atoms with Crippen LogP contribution in [0.3, 0.4) is 0 Å². The van der Waals surface area contributed by atoms with E-state index in [9.17, 15) is 0 Å². The Kier molecular flexibility index (Phi) is 3.48. The zero-order valence-electron chi connectivity index (χ0n) is 10.9. The first kappa shape index (κ1) is 11.9. The van der Waals surface area contributed by atoms with Gasteiger partial charge in [-0.3, -0.25) is 4.90 Å². The van der Waals surface area contributed by atoms with Gasteiger partial charge in [-0.25, -0.2) is 0 Å². The van der Waals surface area contributed by atoms with E-state index in [0.717, 1.165) is 25.7 Å². The summed E-state index contributed by atoms with van der Waals surface area (Å²) in [6.45, 7) is 8.22. The van der Waals surface area contributed by atoms with Crippen molar-refractivity contribution in [2.75, 3.05) is 19.6 Å². The first-order chi connectivity index (χ1) is 8.88. The summed E-state index contributed by atoms with van der Waals surface area (Å²) in [5, 5.41) is 3.55. The second-order valence-electron chi connectivity index (χ2n) is 5.50. The SMILES string of the molecule is C=CCN(CC1CNCc2ccccc21)C1CC1. The Bertz CT molecular complexity index is 423. The van der Waals surface area contributed by atoms with E-state index in [4.69, 9.17) is 0 Å². The monoisotopic (exact) mass is 242 g/mol. The highest BCUT2D eigenvalue weighted by Crippen LogP contribution is 2.31. The summed E-state index contributed by atoms with van der Waals surface area (Å²) >= 11 is 0. The minimum absolute atomic E-state index is 0.635. The molecule has 0 amide bonds. The fraction of sp³-hybridized carbons (Fsp3) is 0.500. The minimum atomic E-state index is 0.635. The summed E-state index contributed by atoms with van der Waals surface area (Å²) in [6, 6.07) is 9.69. The molecule has 1 N–H and O–H groups in total. The third kappa shape index (κ3) is 2.50. The van der Waals surface area contributed by atoms with Crippen LogP contribution in [0.1, 0.15) is 29.9 Å². The van der Waals surface area contributed by atoms with Crippen LogP contribution in [0.2, 0.25) is 0 Å². The first-order valence-corrected chi connectivity index (χ1v) is 7.02. The number of hydrogen-bond acceptors (Lipinski definition) is 2. The minimum Gasteiger partial charge on any atom is -0.312 e. The predicted molar refractivity (Wildman–Crippen MR) is 75.7 cm³/mol. The van der Waals surface area contributed by atoms with Gasteiger partial charge in [-0.1, -0.05) is 30.3 Å². The molecular weight excluding hydrogens is 220 g/mol. The van der Waals surface area contributed by atoms with Crippen molar-refractivity contribution >= 4 is 0 Å². The molecule has 3 rings (SSSR count). The lowest BCUT2D eigenvalue weighted by Gasteiger charge is -2.31. The summed E-state index contributed by atoms with van der Waals surface area (Å²) in [5.74, 6) is 0.635. The van der Waals surface area contributed by atoms with Crippen LogP contribution in [0.4, 0.5) is 0 Å². The van der Waals surface area contributed by atoms with Gasteiger partial charge >= 0.3 is 0 Å². The summed E-state index contributed by atoms with van der Waals surface area (Å²) in [4.78, 5) is 2.60. The lowest BCUT2D eigenvalue weighted by Crippen LogP contribution is -2.37. The number of hydrogen-bond donors (Lipinski definition) is 1. The second-order valence-corrected chi connectivity index (χ2v) is 5.50. The molecule has 2 heteroatoms. The van der Waals surface area contributed by atoms with Crippen molar-refractivity contribution in [3.8, 4) is 0 Å². The van der Waals surface area contributed by atoms with E-state index in [2.05, 4.69) is 41.1 Å². The molecule has 2 aliphatic rings. The molecule has 0 saturated heterocycles. The maximum Gasteiger partial charge on any atom is 0.0208 e. The van der Waals surface area contributed by atoms with E-state index in [-0.39, 0.29) is 0 Å². The number of nitrogens with one attached hydrogen (secondary N) is 1. The Morgan fingerprint density at radius 3 is 2.94 bits per heavy atom. The van der Waals surface area contributed by atoms with Crippen LogP contribution in [0, 0.1) is 0 Å². The second kappa shape index (κ2) is 5.25. The number of rotatable bonds is 5. The highest BCUT2D eigenvalue weighted by atomic mass is 15.2. The molecule has 0 aromatic heterocycles. The number of fused-ring (bicyclic) bond motifs is 1. The average Bonchev–Trinajstić information content (AvgIpc) is 3.23. The fourth-order valence-electron chi connectivity index (χ4n) is 3.01. The number of nitrogens with zero attached hydrogens (tertiary/aromatic N) is 1. The molecule has 1 saturated carbocycles. The largest absolute Gasteiger partial charge is 0.312 e. The van der Waals surface area contributed by atoms with Crippen molar-refractivity contribution in [2.45, 2.75) is 31.3 Å². The number of benzene rings is 1. The van der Waals surface area contributed by atoms with Gasteiger partial charge in [0.2, 0.25) is 0 Å². The molecule has 1 aliphatic carbocycles. The van der Waals surface area contributed by atoms with E-state index < -0.39 is 0 Å². The fourth-order valence-corrected chi connectivity index (χ4v) is 3.01. The maximum atomic E-state index is 3.89. The Balaban J connectivity index is 1.74. The molecule has 1 aliphatic heterocycles. The predicted octanol–water partition coefficient (Wildman–Crippen LogP) is 2.52. The van der Waals surface area contributed by atoms with E-state index in [1.165, 1.54) is 24.9 Å². The quantitative estimate of drug-likeness (QED) is 0.798. The summed E-state index contributed by atoms with van der Waals surface area (Å²) in [5.41, 5.74) is 3.02. The van der Waals surface area contributed by atoms with Crippen molar-refractivity contribution in [2.24, 2.45) is 0 Å². The van der Waals surface area contributed by atoms with Gasteiger partial charge in [0.15, 0.2) is 0 Å². The van der Waals surface area contributed by atoms with Gasteiger partial charge in [0.25, 0.3) is 0 Å². The van der Waals surface area contributed by atoms with Crippen molar-refractivity contribution in [3.63, 3.8) is 0 Å². The Labute approximate surface area is 110 Å². The van der Waals surface area contributed by atoms with Gasteiger partial charge in [0.05, 0.1) is 0 Å². The molecule has 1 aromatic carbocycles. The molecule has 1 unspecified atom stereocenters. The van der Waals surface area contributed by atoms with Crippen molar-refractivity contribution in [3.05, 3.63) is 48.0 Å². The topological polar surface area (TPSA) is 15.3 Å². The van der Waals surface area contributed by atoms with Gasteiger partial charge < -0.3 is 5.32 Å². The molecule has 0 bridgehead atoms. The van der Waals surface area contributed by atoms with E-state index >= 15 is 0 Å². The Hall–Kier alpha value is -1.12. The van der Waals surface area contributed by atoms with E-state index in [1.54, 1.807) is 5.56 Å². The van der Waals surface area contributed by atoms with Gasteiger partial charge in [-0.15, -0.1) is 6.58 Å². The maximum absolute atomic E-state index is 3.89. The van der Waals surface area contributed by atoms with E-state index in [0.29, 0.717) is 5.92 Å². The zero-order valence-corrected chi connectivity index (χ0v) is 10.9. The van der Waals surface area contributed by atoms with Crippen molar-refractivity contribution < 1.29 is 0 Å². The zero-order chi connectivity index (χ0) is 12.4. The average molecular weight is 242 g/mol. The standard InChI is InChI=1S/C16H22N2/c1-2-9-18(15-7-8-15)12-14-11-17-10-13-5-3-4-6-16(13)14/h2-6,14-15,17H,1,7-12H2. The van der Waals surface area contributed by atoms with Crippen LogP contribution in [0.25, 0.3) is 0 Å². The van der Waals surface area contributed by atoms with Crippen LogP contribution in [-0.4, -0.2) is 30.6 Å². The molecule has 0 spiro atoms. The Morgan fingerprint density at radius 2 is 2.17 bits per heavy atom. The van der Waals surface area contributed by atoms with Crippen molar-refractivity contribution in [1.29, 1.82) is 0 Å². The van der Waals surface area contributed by atoms with Gasteiger partial charge in [0.1, 0.15) is 0 Å². The summed E-state index contributed by atoms with van der Waals surface area (Å²) in [6.07, 6.45) is 4.78. The molecule has 1 heterocycles. The first-order valence-electron chi connectivity index (χ1n) is 7.02.